The molecule has 1 saturated heterocycles. The second kappa shape index (κ2) is 5.54. The molecule has 2 heterocycles. The monoisotopic (exact) mass is 266 g/mol. The smallest absolute Gasteiger partial charge is 0.254 e. The molecule has 0 N–H and O–H groups in total. The number of pyridine rings is 1. The Morgan fingerprint density at radius 3 is 2.32 bits per heavy atom. The van der Waals surface area contributed by atoms with Crippen LogP contribution in [0.2, 0.25) is 0 Å². The van der Waals surface area contributed by atoms with Gasteiger partial charge in [-0.15, -0.1) is 0 Å². The van der Waals surface area contributed by atoms with Crippen LogP contribution in [0.25, 0.3) is 0 Å². The molecule has 6 nitrogen and oxygen atoms in total. The zero-order chi connectivity index (χ0) is 14.0. The summed E-state index contributed by atoms with van der Waals surface area (Å²) >= 11 is 0. The molecule has 0 aromatic carbocycles. The highest BCUT2D eigenvalue weighted by atomic mass is 16.5. The first kappa shape index (κ1) is 13.8. The van der Waals surface area contributed by atoms with E-state index in [0.29, 0.717) is 18.7 Å². The van der Waals surface area contributed by atoms with Crippen LogP contribution in [-0.4, -0.2) is 54.9 Å². The Balaban J connectivity index is 2.16. The van der Waals surface area contributed by atoms with E-state index in [9.17, 15) is 9.59 Å². The number of aryl methyl sites for hydroxylation is 1. The van der Waals surface area contributed by atoms with Crippen LogP contribution < -0.4 is 5.56 Å². The zero-order valence-corrected chi connectivity index (χ0v) is 11.3. The fourth-order valence-electron chi connectivity index (χ4n) is 2.23. The quantitative estimate of drug-likeness (QED) is 0.764. The molecule has 1 aromatic heterocycles. The number of rotatable bonds is 3. The minimum atomic E-state index is -0.198. The average molecular weight is 266 g/mol. The minimum Gasteiger partial charge on any atom is -0.377 e. The molecule has 1 fully saturated rings. The fourth-order valence-corrected chi connectivity index (χ4v) is 2.23. The fraction of sp³-hybridized carbons (Fsp3) is 0.538. The predicted octanol–water partition coefficient (Wildman–Crippen LogP) is -0.129. The first-order chi connectivity index (χ1) is 9.06. The lowest BCUT2D eigenvalue weighted by Crippen LogP contribution is -2.31. The third kappa shape index (κ3) is 2.69. The van der Waals surface area contributed by atoms with Gasteiger partial charge in [-0.1, -0.05) is 0 Å². The number of carbonyl (C=O) groups is 1. The Kier molecular flexibility index (Phi) is 4.01. The van der Waals surface area contributed by atoms with Crippen LogP contribution in [0, 0.1) is 0 Å². The molecule has 104 valence electrons. The minimum absolute atomic E-state index is 0.125. The Bertz CT molecular complexity index is 514. The third-order valence-corrected chi connectivity index (χ3v) is 3.46. The van der Waals surface area contributed by atoms with Crippen LogP contribution in [0.4, 0.5) is 0 Å². The van der Waals surface area contributed by atoms with Gasteiger partial charge < -0.3 is 18.9 Å². The molecule has 1 aliphatic rings. The molecular weight excluding hydrogens is 248 g/mol. The van der Waals surface area contributed by atoms with Crippen molar-refractivity contribution >= 4 is 5.91 Å². The Labute approximate surface area is 111 Å². The van der Waals surface area contributed by atoms with Crippen molar-refractivity contribution < 1.29 is 14.3 Å². The van der Waals surface area contributed by atoms with E-state index in [1.807, 2.05) is 0 Å². The Morgan fingerprint density at radius 2 is 1.84 bits per heavy atom. The van der Waals surface area contributed by atoms with Gasteiger partial charge >= 0.3 is 0 Å². The van der Waals surface area contributed by atoms with Gasteiger partial charge in [-0.25, -0.2) is 0 Å². The normalized spacial score (nSPS) is 22.8. The number of hydrogen-bond donors (Lipinski definition) is 0. The van der Waals surface area contributed by atoms with Crippen LogP contribution >= 0.6 is 0 Å². The highest BCUT2D eigenvalue weighted by molar-refractivity contribution is 5.94. The molecule has 0 aliphatic carbocycles. The van der Waals surface area contributed by atoms with E-state index in [4.69, 9.17) is 9.47 Å². The van der Waals surface area contributed by atoms with Crippen LogP contribution in [0.3, 0.4) is 0 Å². The highest BCUT2D eigenvalue weighted by Crippen LogP contribution is 2.17. The topological polar surface area (TPSA) is 60.8 Å². The van der Waals surface area contributed by atoms with Crippen molar-refractivity contribution in [3.63, 3.8) is 0 Å². The molecule has 1 aromatic rings. The number of carbonyl (C=O) groups excluding carboxylic acids is 1. The van der Waals surface area contributed by atoms with E-state index < -0.39 is 0 Å². The Morgan fingerprint density at radius 1 is 1.26 bits per heavy atom. The first-order valence-corrected chi connectivity index (χ1v) is 6.08. The van der Waals surface area contributed by atoms with Gasteiger partial charge in [0.05, 0.1) is 0 Å². The molecule has 2 rings (SSSR count). The number of aromatic nitrogens is 1. The molecule has 0 spiro atoms. The average Bonchev–Trinajstić information content (AvgIpc) is 2.84. The highest BCUT2D eigenvalue weighted by Gasteiger charge is 2.35. The van der Waals surface area contributed by atoms with Gasteiger partial charge in [0, 0.05) is 52.2 Å². The molecule has 1 aliphatic heterocycles. The van der Waals surface area contributed by atoms with Gasteiger partial charge in [0.15, 0.2) is 0 Å². The van der Waals surface area contributed by atoms with Gasteiger partial charge in [0.25, 0.3) is 11.5 Å². The van der Waals surface area contributed by atoms with Crippen molar-refractivity contribution in [3.05, 3.63) is 34.2 Å². The van der Waals surface area contributed by atoms with Crippen molar-refractivity contribution in [1.82, 2.24) is 9.47 Å². The molecule has 19 heavy (non-hydrogen) atoms. The molecule has 0 radical (unpaired) electrons. The summed E-state index contributed by atoms with van der Waals surface area (Å²) in [5, 5.41) is 0. The lowest BCUT2D eigenvalue weighted by molar-refractivity contribution is -0.00461. The molecule has 1 amide bonds. The van der Waals surface area contributed by atoms with E-state index in [0.717, 1.165) is 0 Å². The maximum atomic E-state index is 12.3. The predicted molar refractivity (Wildman–Crippen MR) is 69.2 cm³/mol. The van der Waals surface area contributed by atoms with Gasteiger partial charge in [-0.3, -0.25) is 9.59 Å². The van der Waals surface area contributed by atoms with E-state index >= 15 is 0 Å². The zero-order valence-electron chi connectivity index (χ0n) is 11.3. The summed E-state index contributed by atoms with van der Waals surface area (Å²) in [7, 11) is 4.85. The second-order valence-corrected chi connectivity index (χ2v) is 4.62. The summed E-state index contributed by atoms with van der Waals surface area (Å²) < 4.78 is 12.0. The molecule has 6 heteroatoms. The van der Waals surface area contributed by atoms with Gasteiger partial charge in [0.2, 0.25) is 0 Å². The number of likely N-dealkylation sites (tertiary alicyclic amines) is 1. The lowest BCUT2D eigenvalue weighted by Gasteiger charge is -2.15. The van der Waals surface area contributed by atoms with Gasteiger partial charge in [-0.05, 0) is 6.07 Å². The van der Waals surface area contributed by atoms with Crippen molar-refractivity contribution in [1.29, 1.82) is 0 Å². The summed E-state index contributed by atoms with van der Waals surface area (Å²) in [6, 6.07) is 3.00. The molecule has 0 saturated carbocycles. The van der Waals surface area contributed by atoms with E-state index in [2.05, 4.69) is 0 Å². The van der Waals surface area contributed by atoms with Crippen LogP contribution in [0.1, 0.15) is 10.4 Å². The number of nitrogens with zero attached hydrogens (tertiary/aromatic N) is 2. The first-order valence-electron chi connectivity index (χ1n) is 6.08. The summed E-state index contributed by atoms with van der Waals surface area (Å²) in [5.74, 6) is -0.167. The largest absolute Gasteiger partial charge is 0.377 e. The van der Waals surface area contributed by atoms with Crippen molar-refractivity contribution in [3.8, 4) is 0 Å². The van der Waals surface area contributed by atoms with Crippen LogP contribution in [-0.2, 0) is 16.5 Å². The number of hydrogen-bond acceptors (Lipinski definition) is 4. The summed E-state index contributed by atoms with van der Waals surface area (Å²) in [6.45, 7) is 0.950. The van der Waals surface area contributed by atoms with Crippen LogP contribution in [0.15, 0.2) is 23.1 Å². The standard InChI is InChI=1S/C13H18N2O4/c1-14-5-4-9(6-12(14)16)13(17)15-7-10(18-2)11(8-15)19-3/h4-6,10-11H,7-8H2,1-3H3. The van der Waals surface area contributed by atoms with Gasteiger partial charge in [0.1, 0.15) is 12.2 Å². The summed E-state index contributed by atoms with van der Waals surface area (Å²) in [5.41, 5.74) is 0.200. The van der Waals surface area contributed by atoms with Crippen molar-refractivity contribution in [2.45, 2.75) is 12.2 Å². The third-order valence-electron chi connectivity index (χ3n) is 3.46. The number of methoxy groups -OCH3 is 2. The number of ether oxygens (including phenoxy) is 2. The lowest BCUT2D eigenvalue weighted by atomic mass is 10.2. The molecule has 2 atom stereocenters. The number of amides is 1. The van der Waals surface area contributed by atoms with Crippen LogP contribution in [0.5, 0.6) is 0 Å². The van der Waals surface area contributed by atoms with E-state index in [1.165, 1.54) is 10.6 Å². The SMILES string of the molecule is COC1CN(C(=O)c2ccn(C)c(=O)c2)CC1OC. The van der Waals surface area contributed by atoms with Crippen molar-refractivity contribution in [2.75, 3.05) is 27.3 Å². The van der Waals surface area contributed by atoms with E-state index in [-0.39, 0.29) is 23.7 Å². The molecule has 0 bridgehead atoms. The Hall–Kier alpha value is -1.66. The summed E-state index contributed by atoms with van der Waals surface area (Å²) in [6.07, 6.45) is 1.34. The summed E-state index contributed by atoms with van der Waals surface area (Å²) in [4.78, 5) is 25.5. The molecule has 2 unspecified atom stereocenters. The molecular formula is C13H18N2O4. The maximum Gasteiger partial charge on any atom is 0.254 e. The maximum absolute atomic E-state index is 12.3. The van der Waals surface area contributed by atoms with Gasteiger partial charge in [-0.2, -0.15) is 0 Å². The second-order valence-electron chi connectivity index (χ2n) is 4.62. The van der Waals surface area contributed by atoms with Crippen molar-refractivity contribution in [2.24, 2.45) is 7.05 Å². The van der Waals surface area contributed by atoms with E-state index in [1.54, 1.807) is 38.4 Å².